The van der Waals surface area contributed by atoms with Gasteiger partial charge >= 0.3 is 6.09 Å². The van der Waals surface area contributed by atoms with Gasteiger partial charge in [-0.2, -0.15) is 0 Å². The van der Waals surface area contributed by atoms with E-state index in [1.807, 2.05) is 24.3 Å². The molecule has 1 aromatic rings. The third-order valence-corrected chi connectivity index (χ3v) is 4.63. The van der Waals surface area contributed by atoms with Crippen LogP contribution in [0.2, 0.25) is 0 Å². The van der Waals surface area contributed by atoms with Crippen molar-refractivity contribution < 1.29 is 9.53 Å². The summed E-state index contributed by atoms with van der Waals surface area (Å²) in [6, 6.07) is 7.63. The SMILES string of the molecule is CN=C(NCCCC1CCCC1)NCc1ccc(NC(=O)OC)cc1. The first-order valence-electron chi connectivity index (χ1n) is 9.09. The molecule has 0 saturated heterocycles. The van der Waals surface area contributed by atoms with Gasteiger partial charge in [-0.25, -0.2) is 4.79 Å². The lowest BCUT2D eigenvalue weighted by Crippen LogP contribution is -2.37. The van der Waals surface area contributed by atoms with Crippen LogP contribution in [0.15, 0.2) is 29.3 Å². The third-order valence-electron chi connectivity index (χ3n) is 4.63. The summed E-state index contributed by atoms with van der Waals surface area (Å²) in [4.78, 5) is 15.4. The van der Waals surface area contributed by atoms with Crippen molar-refractivity contribution in [3.63, 3.8) is 0 Å². The molecule has 0 atom stereocenters. The Morgan fingerprint density at radius 1 is 1.20 bits per heavy atom. The molecule has 0 aromatic heterocycles. The Balaban J connectivity index is 1.66. The number of hydrogen-bond acceptors (Lipinski definition) is 3. The van der Waals surface area contributed by atoms with Crippen LogP contribution in [0.4, 0.5) is 10.5 Å². The Labute approximate surface area is 150 Å². The van der Waals surface area contributed by atoms with Crippen molar-refractivity contribution in [2.75, 3.05) is 26.0 Å². The Bertz CT molecular complexity index is 551. The second-order valence-corrected chi connectivity index (χ2v) is 6.46. The van der Waals surface area contributed by atoms with E-state index in [0.717, 1.165) is 24.0 Å². The van der Waals surface area contributed by atoms with Crippen molar-refractivity contribution in [3.05, 3.63) is 29.8 Å². The van der Waals surface area contributed by atoms with Crippen molar-refractivity contribution in [1.29, 1.82) is 0 Å². The van der Waals surface area contributed by atoms with Gasteiger partial charge in [-0.15, -0.1) is 0 Å². The monoisotopic (exact) mass is 346 g/mol. The highest BCUT2D eigenvalue weighted by atomic mass is 16.5. The van der Waals surface area contributed by atoms with Crippen LogP contribution in [-0.4, -0.2) is 32.8 Å². The number of ether oxygens (including phenoxy) is 1. The van der Waals surface area contributed by atoms with Crippen LogP contribution < -0.4 is 16.0 Å². The summed E-state index contributed by atoms with van der Waals surface area (Å²) in [6.45, 7) is 1.64. The highest BCUT2D eigenvalue weighted by molar-refractivity contribution is 5.84. The van der Waals surface area contributed by atoms with Gasteiger partial charge in [0.2, 0.25) is 0 Å². The lowest BCUT2D eigenvalue weighted by Gasteiger charge is -2.13. The molecule has 1 fully saturated rings. The fraction of sp³-hybridized carbons (Fsp3) is 0.579. The van der Waals surface area contributed by atoms with E-state index in [0.29, 0.717) is 12.2 Å². The van der Waals surface area contributed by atoms with E-state index in [2.05, 4.69) is 25.7 Å². The Hall–Kier alpha value is -2.24. The largest absolute Gasteiger partial charge is 0.453 e. The van der Waals surface area contributed by atoms with Gasteiger partial charge in [0.25, 0.3) is 0 Å². The molecule has 0 aliphatic heterocycles. The lowest BCUT2D eigenvalue weighted by molar-refractivity contribution is 0.187. The van der Waals surface area contributed by atoms with Crippen molar-refractivity contribution in [3.8, 4) is 0 Å². The summed E-state index contributed by atoms with van der Waals surface area (Å²) in [7, 11) is 3.13. The number of nitrogens with one attached hydrogen (secondary N) is 3. The first kappa shape index (κ1) is 19.1. The molecule has 1 aliphatic carbocycles. The highest BCUT2D eigenvalue weighted by Gasteiger charge is 2.13. The van der Waals surface area contributed by atoms with Crippen LogP contribution in [-0.2, 0) is 11.3 Å². The van der Waals surface area contributed by atoms with Gasteiger partial charge in [0.1, 0.15) is 0 Å². The predicted octanol–water partition coefficient (Wildman–Crippen LogP) is 3.50. The Morgan fingerprint density at radius 2 is 1.92 bits per heavy atom. The summed E-state index contributed by atoms with van der Waals surface area (Å²) in [5.41, 5.74) is 1.83. The minimum atomic E-state index is -0.465. The number of carbonyl (C=O) groups is 1. The second-order valence-electron chi connectivity index (χ2n) is 6.46. The van der Waals surface area contributed by atoms with Crippen LogP contribution in [0.5, 0.6) is 0 Å². The van der Waals surface area contributed by atoms with Crippen LogP contribution in [0, 0.1) is 5.92 Å². The molecule has 1 aromatic carbocycles. The molecule has 1 aliphatic rings. The molecule has 0 spiro atoms. The van der Waals surface area contributed by atoms with E-state index in [1.165, 1.54) is 45.6 Å². The van der Waals surface area contributed by atoms with E-state index in [1.54, 1.807) is 7.05 Å². The average molecular weight is 346 g/mol. The minimum absolute atomic E-state index is 0.465. The molecule has 0 heterocycles. The fourth-order valence-corrected chi connectivity index (χ4v) is 3.18. The molecule has 0 radical (unpaired) electrons. The van der Waals surface area contributed by atoms with Crippen LogP contribution in [0.3, 0.4) is 0 Å². The zero-order valence-electron chi connectivity index (χ0n) is 15.3. The molecule has 25 heavy (non-hydrogen) atoms. The number of anilines is 1. The van der Waals surface area contributed by atoms with Crippen LogP contribution in [0.1, 0.15) is 44.1 Å². The van der Waals surface area contributed by atoms with Crippen molar-refractivity contribution in [1.82, 2.24) is 10.6 Å². The molecule has 3 N–H and O–H groups in total. The molecular weight excluding hydrogens is 316 g/mol. The first-order valence-corrected chi connectivity index (χ1v) is 9.09. The van der Waals surface area contributed by atoms with Gasteiger partial charge < -0.3 is 15.4 Å². The van der Waals surface area contributed by atoms with Crippen LogP contribution in [0.25, 0.3) is 0 Å². The summed E-state index contributed by atoms with van der Waals surface area (Å²) in [5, 5.41) is 9.32. The maximum absolute atomic E-state index is 11.2. The van der Waals surface area contributed by atoms with E-state index >= 15 is 0 Å². The predicted molar refractivity (Wildman–Crippen MR) is 102 cm³/mol. The molecule has 1 saturated carbocycles. The second kappa shape index (κ2) is 10.6. The maximum atomic E-state index is 11.2. The lowest BCUT2D eigenvalue weighted by atomic mass is 10.0. The highest BCUT2D eigenvalue weighted by Crippen LogP contribution is 2.28. The Morgan fingerprint density at radius 3 is 2.56 bits per heavy atom. The molecule has 2 rings (SSSR count). The molecule has 6 heteroatoms. The zero-order valence-corrected chi connectivity index (χ0v) is 15.3. The van der Waals surface area contributed by atoms with Crippen molar-refractivity contribution >= 4 is 17.7 Å². The number of nitrogens with zero attached hydrogens (tertiary/aromatic N) is 1. The van der Waals surface area contributed by atoms with E-state index < -0.39 is 6.09 Å². The normalized spacial score (nSPS) is 15.0. The van der Waals surface area contributed by atoms with E-state index in [-0.39, 0.29) is 0 Å². The fourth-order valence-electron chi connectivity index (χ4n) is 3.18. The van der Waals surface area contributed by atoms with Crippen LogP contribution >= 0.6 is 0 Å². The minimum Gasteiger partial charge on any atom is -0.453 e. The number of amides is 1. The maximum Gasteiger partial charge on any atom is 0.411 e. The van der Waals surface area contributed by atoms with Gasteiger partial charge in [0, 0.05) is 25.8 Å². The first-order chi connectivity index (χ1) is 12.2. The van der Waals surface area contributed by atoms with Gasteiger partial charge in [-0.3, -0.25) is 10.3 Å². The topological polar surface area (TPSA) is 74.8 Å². The van der Waals surface area contributed by atoms with Gasteiger partial charge in [-0.1, -0.05) is 37.8 Å². The zero-order chi connectivity index (χ0) is 17.9. The van der Waals surface area contributed by atoms with E-state index in [9.17, 15) is 4.79 Å². The number of aliphatic imine (C=N–C) groups is 1. The van der Waals surface area contributed by atoms with Crippen molar-refractivity contribution in [2.24, 2.45) is 10.9 Å². The number of carbonyl (C=O) groups excluding carboxylic acids is 1. The summed E-state index contributed by atoms with van der Waals surface area (Å²) >= 11 is 0. The summed E-state index contributed by atoms with van der Waals surface area (Å²) < 4.78 is 4.57. The summed E-state index contributed by atoms with van der Waals surface area (Å²) in [5.74, 6) is 1.76. The number of rotatable bonds is 7. The van der Waals surface area contributed by atoms with Gasteiger partial charge in [0.15, 0.2) is 5.96 Å². The number of methoxy groups -OCH3 is 1. The molecule has 6 nitrogen and oxygen atoms in total. The quantitative estimate of drug-likeness (QED) is 0.401. The molecule has 0 unspecified atom stereocenters. The van der Waals surface area contributed by atoms with Gasteiger partial charge in [-0.05, 0) is 36.5 Å². The molecule has 0 bridgehead atoms. The molecular formula is C19H30N4O2. The summed E-state index contributed by atoms with van der Waals surface area (Å²) in [6.07, 6.45) is 7.69. The van der Waals surface area contributed by atoms with Gasteiger partial charge in [0.05, 0.1) is 7.11 Å². The number of benzene rings is 1. The molecule has 1 amide bonds. The molecule has 138 valence electrons. The van der Waals surface area contributed by atoms with Crippen molar-refractivity contribution in [2.45, 2.75) is 45.1 Å². The standard InChI is InChI=1S/C19H30N4O2/c1-20-18(21-13-5-8-15-6-3-4-7-15)22-14-16-9-11-17(12-10-16)23-19(24)25-2/h9-12,15H,3-8,13-14H2,1-2H3,(H,23,24)(H2,20,21,22). The number of guanidine groups is 1. The smallest absolute Gasteiger partial charge is 0.411 e. The average Bonchev–Trinajstić information content (AvgIpc) is 3.15. The van der Waals surface area contributed by atoms with E-state index in [4.69, 9.17) is 0 Å². The Kier molecular flexibility index (Phi) is 8.09. The number of hydrogen-bond donors (Lipinski definition) is 3. The third kappa shape index (κ3) is 7.03.